The molecular formula is C25H32N2O4. The Bertz CT molecular complexity index is 868. The van der Waals surface area contributed by atoms with Crippen LogP contribution < -0.4 is 4.74 Å². The van der Waals surface area contributed by atoms with Crippen molar-refractivity contribution in [3.8, 4) is 16.9 Å². The molecule has 0 radical (unpaired) electrons. The maximum absolute atomic E-state index is 12.5. The zero-order valence-corrected chi connectivity index (χ0v) is 18.4. The Morgan fingerprint density at radius 1 is 1.00 bits per heavy atom. The molecule has 166 valence electrons. The number of nitrogens with zero attached hydrogens (tertiary/aromatic N) is 2. The van der Waals surface area contributed by atoms with Gasteiger partial charge in [-0.2, -0.15) is 0 Å². The molecule has 0 aromatic heterocycles. The van der Waals surface area contributed by atoms with E-state index in [0.717, 1.165) is 42.8 Å². The summed E-state index contributed by atoms with van der Waals surface area (Å²) in [4.78, 5) is 16.8. The molecular weight excluding hydrogens is 392 g/mol. The molecule has 2 aliphatic rings. The van der Waals surface area contributed by atoms with Crippen molar-refractivity contribution in [1.82, 2.24) is 9.80 Å². The lowest BCUT2D eigenvalue weighted by Gasteiger charge is -2.57. The Kier molecular flexibility index (Phi) is 6.90. The van der Waals surface area contributed by atoms with Gasteiger partial charge in [0.05, 0.1) is 13.7 Å². The van der Waals surface area contributed by atoms with Crippen LogP contribution in [0.3, 0.4) is 0 Å². The predicted octanol–water partition coefficient (Wildman–Crippen LogP) is 2.76. The molecule has 2 fully saturated rings. The number of aliphatic hydroxyl groups is 1. The quantitative estimate of drug-likeness (QED) is 0.773. The third-order valence-electron chi connectivity index (χ3n) is 6.71. The summed E-state index contributed by atoms with van der Waals surface area (Å²) in [6, 6.07) is 17.0. The summed E-state index contributed by atoms with van der Waals surface area (Å²) < 4.78 is 10.3. The molecule has 2 saturated heterocycles. The summed E-state index contributed by atoms with van der Waals surface area (Å²) in [5.74, 6) is 1.11. The number of benzene rings is 2. The Balaban J connectivity index is 1.54. The monoisotopic (exact) mass is 424 g/mol. The van der Waals surface area contributed by atoms with Crippen LogP contribution in [-0.4, -0.2) is 80.0 Å². The minimum atomic E-state index is 0.0467. The number of aliphatic hydroxyl groups excluding tert-OH is 1. The molecule has 2 aliphatic heterocycles. The average molecular weight is 425 g/mol. The summed E-state index contributed by atoms with van der Waals surface area (Å²) in [5, 5.41) is 10.1. The summed E-state index contributed by atoms with van der Waals surface area (Å²) >= 11 is 0. The number of ether oxygens (including phenoxy) is 2. The Morgan fingerprint density at radius 3 is 2.26 bits per heavy atom. The number of carbonyl (C=O) groups excluding carboxylic acids is 1. The van der Waals surface area contributed by atoms with Crippen LogP contribution in [0, 0.1) is 0 Å². The lowest BCUT2D eigenvalue weighted by atomic mass is 9.74. The van der Waals surface area contributed by atoms with Crippen LogP contribution in [0.15, 0.2) is 48.5 Å². The van der Waals surface area contributed by atoms with Gasteiger partial charge in [-0.1, -0.05) is 36.4 Å². The van der Waals surface area contributed by atoms with Crippen molar-refractivity contribution in [2.24, 2.45) is 0 Å². The van der Waals surface area contributed by atoms with Gasteiger partial charge in [-0.05, 0) is 48.2 Å². The maximum Gasteiger partial charge on any atom is 0.248 e. The number of methoxy groups -OCH3 is 2. The highest BCUT2D eigenvalue weighted by atomic mass is 16.5. The highest BCUT2D eigenvalue weighted by Gasteiger charge is 2.49. The van der Waals surface area contributed by atoms with E-state index in [0.29, 0.717) is 6.54 Å². The SMILES string of the molecule is COCC(=O)N1CCCCN2[C@@H](CO)[C@@H](c3ccc(-c4ccc(OC)cc4)cc3)[C@@H]2C1. The van der Waals surface area contributed by atoms with E-state index in [1.165, 1.54) is 5.56 Å². The van der Waals surface area contributed by atoms with Crippen molar-refractivity contribution in [2.75, 3.05) is 47.1 Å². The molecule has 31 heavy (non-hydrogen) atoms. The number of hydrogen-bond donors (Lipinski definition) is 1. The molecule has 6 nitrogen and oxygen atoms in total. The first-order valence-corrected chi connectivity index (χ1v) is 11.0. The highest BCUT2D eigenvalue weighted by Crippen LogP contribution is 2.42. The van der Waals surface area contributed by atoms with Crippen LogP contribution in [0.1, 0.15) is 24.3 Å². The largest absolute Gasteiger partial charge is 0.497 e. The second-order valence-electron chi connectivity index (χ2n) is 8.41. The highest BCUT2D eigenvalue weighted by molar-refractivity contribution is 5.77. The van der Waals surface area contributed by atoms with E-state index in [1.54, 1.807) is 14.2 Å². The number of amides is 1. The molecule has 3 atom stereocenters. The van der Waals surface area contributed by atoms with Crippen molar-refractivity contribution in [1.29, 1.82) is 0 Å². The van der Waals surface area contributed by atoms with Gasteiger partial charge in [0, 0.05) is 38.2 Å². The van der Waals surface area contributed by atoms with Gasteiger partial charge in [-0.25, -0.2) is 0 Å². The Labute approximate surface area is 184 Å². The summed E-state index contributed by atoms with van der Waals surface area (Å²) in [5.41, 5.74) is 3.51. The van der Waals surface area contributed by atoms with E-state index in [-0.39, 0.29) is 37.1 Å². The number of rotatable bonds is 6. The smallest absolute Gasteiger partial charge is 0.248 e. The topological polar surface area (TPSA) is 62.2 Å². The van der Waals surface area contributed by atoms with E-state index in [4.69, 9.17) is 9.47 Å². The second-order valence-corrected chi connectivity index (χ2v) is 8.41. The summed E-state index contributed by atoms with van der Waals surface area (Å²) in [6.45, 7) is 2.69. The molecule has 0 bridgehead atoms. The first-order valence-electron chi connectivity index (χ1n) is 11.0. The van der Waals surface area contributed by atoms with E-state index in [2.05, 4.69) is 41.3 Å². The van der Waals surface area contributed by atoms with Crippen LogP contribution in [0.25, 0.3) is 11.1 Å². The van der Waals surface area contributed by atoms with Gasteiger partial charge in [-0.15, -0.1) is 0 Å². The molecule has 1 amide bonds. The zero-order valence-electron chi connectivity index (χ0n) is 18.4. The van der Waals surface area contributed by atoms with E-state index in [1.807, 2.05) is 17.0 Å². The average Bonchev–Trinajstić information content (AvgIpc) is 2.78. The van der Waals surface area contributed by atoms with Gasteiger partial charge in [0.2, 0.25) is 5.91 Å². The van der Waals surface area contributed by atoms with Gasteiger partial charge in [0.1, 0.15) is 12.4 Å². The van der Waals surface area contributed by atoms with Crippen LogP contribution in [0.5, 0.6) is 5.75 Å². The van der Waals surface area contributed by atoms with E-state index in [9.17, 15) is 9.90 Å². The molecule has 1 N–H and O–H groups in total. The van der Waals surface area contributed by atoms with Gasteiger partial charge in [-0.3, -0.25) is 9.69 Å². The predicted molar refractivity (Wildman–Crippen MR) is 120 cm³/mol. The van der Waals surface area contributed by atoms with Gasteiger partial charge in [0.15, 0.2) is 0 Å². The minimum absolute atomic E-state index is 0.0467. The summed E-state index contributed by atoms with van der Waals surface area (Å²) in [6.07, 6.45) is 2.02. The first-order chi connectivity index (χ1) is 15.2. The Morgan fingerprint density at radius 2 is 1.65 bits per heavy atom. The molecule has 0 unspecified atom stereocenters. The first kappa shape index (κ1) is 21.8. The third kappa shape index (κ3) is 4.47. The zero-order chi connectivity index (χ0) is 21.8. The molecule has 0 saturated carbocycles. The fourth-order valence-electron chi connectivity index (χ4n) is 5.06. The van der Waals surface area contributed by atoms with Crippen LogP contribution >= 0.6 is 0 Å². The minimum Gasteiger partial charge on any atom is -0.497 e. The van der Waals surface area contributed by atoms with Crippen molar-refractivity contribution < 1.29 is 19.4 Å². The molecule has 4 rings (SSSR count). The van der Waals surface area contributed by atoms with Gasteiger partial charge in [0.25, 0.3) is 0 Å². The van der Waals surface area contributed by atoms with Crippen LogP contribution in [0.4, 0.5) is 0 Å². The van der Waals surface area contributed by atoms with Crippen LogP contribution in [-0.2, 0) is 9.53 Å². The van der Waals surface area contributed by atoms with E-state index >= 15 is 0 Å². The molecule has 0 aliphatic carbocycles. The fourth-order valence-corrected chi connectivity index (χ4v) is 5.06. The maximum atomic E-state index is 12.5. The fraction of sp³-hybridized carbons (Fsp3) is 0.480. The second kappa shape index (κ2) is 9.81. The van der Waals surface area contributed by atoms with Gasteiger partial charge < -0.3 is 19.5 Å². The van der Waals surface area contributed by atoms with Crippen LogP contribution in [0.2, 0.25) is 0 Å². The Hall–Kier alpha value is -2.41. The summed E-state index contributed by atoms with van der Waals surface area (Å²) in [7, 11) is 3.23. The van der Waals surface area contributed by atoms with E-state index < -0.39 is 0 Å². The standard InChI is InChI=1S/C25H32N2O4/c1-30-17-24(29)26-13-3-4-14-27-22(15-26)25(23(27)16-28)20-7-5-18(6-8-20)19-9-11-21(31-2)12-10-19/h5-12,22-23,25,28H,3-4,13-17H2,1-2H3/t22-,23-,25-/m0/s1. The van der Waals surface area contributed by atoms with Crippen molar-refractivity contribution in [3.63, 3.8) is 0 Å². The number of fused-ring (bicyclic) bond motifs is 1. The van der Waals surface area contributed by atoms with Gasteiger partial charge >= 0.3 is 0 Å². The van der Waals surface area contributed by atoms with Crippen molar-refractivity contribution in [3.05, 3.63) is 54.1 Å². The number of hydrogen-bond acceptors (Lipinski definition) is 5. The lowest BCUT2D eigenvalue weighted by molar-refractivity contribution is -0.140. The lowest BCUT2D eigenvalue weighted by Crippen LogP contribution is -2.68. The molecule has 2 aromatic rings. The third-order valence-corrected chi connectivity index (χ3v) is 6.71. The molecule has 6 heteroatoms. The molecule has 0 spiro atoms. The van der Waals surface area contributed by atoms with Crippen molar-refractivity contribution >= 4 is 5.91 Å². The number of carbonyl (C=O) groups is 1. The normalized spacial score (nSPS) is 24.0. The van der Waals surface area contributed by atoms with Crippen molar-refractivity contribution in [2.45, 2.75) is 30.8 Å². The molecule has 2 heterocycles. The molecule has 2 aromatic carbocycles.